The first-order valence-electron chi connectivity index (χ1n) is 6.56. The molecule has 0 atom stereocenters. The third-order valence-electron chi connectivity index (χ3n) is 3.52. The fourth-order valence-electron chi connectivity index (χ4n) is 2.48. The van der Waals surface area contributed by atoms with E-state index in [1.807, 2.05) is 35.2 Å². The van der Waals surface area contributed by atoms with Crippen LogP contribution in [0, 0.1) is 0 Å². The molecule has 1 aliphatic rings. The average molecular weight is 268 g/mol. The second-order valence-electron chi connectivity index (χ2n) is 4.81. The molecule has 1 aliphatic heterocycles. The van der Waals surface area contributed by atoms with Gasteiger partial charge < -0.3 is 10.3 Å². The number of carbonyl (C=O) groups excluding carboxylic acids is 1. The Labute approximate surface area is 117 Å². The molecule has 3 N–H and O–H groups in total. The third kappa shape index (κ3) is 2.35. The largest absolute Gasteiger partial charge is 0.332 e. The van der Waals surface area contributed by atoms with Gasteiger partial charge in [-0.2, -0.15) is 0 Å². The Morgan fingerprint density at radius 2 is 2.15 bits per heavy atom. The van der Waals surface area contributed by atoms with Crippen LogP contribution in [0.2, 0.25) is 0 Å². The number of hydrogen-bond acceptors (Lipinski definition) is 4. The van der Waals surface area contributed by atoms with E-state index in [0.29, 0.717) is 6.54 Å². The fourth-order valence-corrected chi connectivity index (χ4v) is 2.48. The van der Waals surface area contributed by atoms with E-state index in [1.165, 1.54) is 0 Å². The second-order valence-corrected chi connectivity index (χ2v) is 4.81. The van der Waals surface area contributed by atoms with Crippen LogP contribution in [0.25, 0.3) is 0 Å². The molecular weight excluding hydrogens is 252 g/mol. The normalized spacial score (nSPS) is 14.1. The first-order chi connectivity index (χ1) is 9.78. The molecule has 102 valence electrons. The van der Waals surface area contributed by atoms with Crippen molar-refractivity contribution >= 4 is 11.6 Å². The van der Waals surface area contributed by atoms with E-state index in [4.69, 9.17) is 5.84 Å². The number of nitrogens with two attached hydrogens (primary N) is 1. The van der Waals surface area contributed by atoms with Gasteiger partial charge in [0.1, 0.15) is 0 Å². The van der Waals surface area contributed by atoms with Crippen molar-refractivity contribution in [2.24, 2.45) is 5.84 Å². The van der Waals surface area contributed by atoms with Crippen molar-refractivity contribution in [1.29, 1.82) is 0 Å². The van der Waals surface area contributed by atoms with Gasteiger partial charge in [0.25, 0.3) is 5.91 Å². The summed E-state index contributed by atoms with van der Waals surface area (Å²) in [6.07, 6.45) is 2.57. The highest BCUT2D eigenvalue weighted by molar-refractivity contribution is 5.96. The zero-order chi connectivity index (χ0) is 13.9. The van der Waals surface area contributed by atoms with Crippen LogP contribution in [0.15, 0.2) is 42.6 Å². The summed E-state index contributed by atoms with van der Waals surface area (Å²) in [5, 5.41) is 0. The van der Waals surface area contributed by atoms with Crippen LogP contribution in [0.3, 0.4) is 0 Å². The molecule has 0 fully saturated rings. The molecule has 1 aromatic heterocycles. The predicted molar refractivity (Wildman–Crippen MR) is 76.9 cm³/mol. The maximum Gasteiger partial charge on any atom is 0.254 e. The molecule has 3 rings (SSSR count). The Bertz CT molecular complexity index is 641. The van der Waals surface area contributed by atoms with Gasteiger partial charge >= 0.3 is 0 Å². The first-order valence-corrected chi connectivity index (χ1v) is 6.56. The van der Waals surface area contributed by atoms with Crippen LogP contribution in [0.1, 0.15) is 21.6 Å². The molecule has 0 bridgehead atoms. The number of nitrogen functional groups attached to an aromatic ring is 1. The molecule has 1 amide bonds. The van der Waals surface area contributed by atoms with Crippen molar-refractivity contribution < 1.29 is 4.79 Å². The summed E-state index contributed by atoms with van der Waals surface area (Å²) in [6, 6.07) is 11.4. The van der Waals surface area contributed by atoms with Gasteiger partial charge in [-0.3, -0.25) is 15.6 Å². The van der Waals surface area contributed by atoms with E-state index in [1.54, 1.807) is 12.3 Å². The van der Waals surface area contributed by atoms with Crippen molar-refractivity contribution in [3.63, 3.8) is 0 Å². The molecule has 5 nitrogen and oxygen atoms in total. The SMILES string of the molecule is NNc1ccnc(CN2CCc3ccccc3C2=O)c1. The molecule has 1 aromatic carbocycles. The lowest BCUT2D eigenvalue weighted by atomic mass is 9.99. The molecule has 20 heavy (non-hydrogen) atoms. The van der Waals surface area contributed by atoms with Gasteiger partial charge in [-0.15, -0.1) is 0 Å². The zero-order valence-electron chi connectivity index (χ0n) is 11.0. The molecule has 0 unspecified atom stereocenters. The lowest BCUT2D eigenvalue weighted by molar-refractivity contribution is 0.0725. The Morgan fingerprint density at radius 3 is 3.00 bits per heavy atom. The Kier molecular flexibility index (Phi) is 3.35. The van der Waals surface area contributed by atoms with Gasteiger partial charge in [-0.1, -0.05) is 18.2 Å². The molecule has 0 saturated heterocycles. The van der Waals surface area contributed by atoms with Crippen LogP contribution >= 0.6 is 0 Å². The predicted octanol–water partition coefficient (Wildman–Crippen LogP) is 1.57. The van der Waals surface area contributed by atoms with Crippen LogP contribution < -0.4 is 11.3 Å². The van der Waals surface area contributed by atoms with Gasteiger partial charge in [-0.05, 0) is 30.2 Å². The minimum atomic E-state index is 0.0692. The number of amides is 1. The number of nitrogens with zero attached hydrogens (tertiary/aromatic N) is 2. The number of pyridine rings is 1. The highest BCUT2D eigenvalue weighted by Gasteiger charge is 2.23. The zero-order valence-corrected chi connectivity index (χ0v) is 11.0. The highest BCUT2D eigenvalue weighted by Crippen LogP contribution is 2.20. The molecule has 0 spiro atoms. The number of hydrazine groups is 1. The first kappa shape index (κ1) is 12.6. The van der Waals surface area contributed by atoms with Gasteiger partial charge in [0.2, 0.25) is 0 Å². The maximum atomic E-state index is 12.4. The summed E-state index contributed by atoms with van der Waals surface area (Å²) in [7, 11) is 0. The standard InChI is InChI=1S/C15H16N4O/c16-18-12-5-7-17-13(9-12)10-19-8-6-11-3-1-2-4-14(11)15(19)20/h1-5,7,9H,6,8,10,16H2,(H,17,18). The third-order valence-corrected chi connectivity index (χ3v) is 3.52. The van der Waals surface area contributed by atoms with E-state index in [0.717, 1.165) is 35.5 Å². The van der Waals surface area contributed by atoms with Crippen LogP contribution in [-0.2, 0) is 13.0 Å². The molecule has 2 heterocycles. The summed E-state index contributed by atoms with van der Waals surface area (Å²) in [5.74, 6) is 5.45. The Hall–Kier alpha value is -2.40. The van der Waals surface area contributed by atoms with Crippen molar-refractivity contribution in [1.82, 2.24) is 9.88 Å². The van der Waals surface area contributed by atoms with E-state index in [2.05, 4.69) is 10.4 Å². The van der Waals surface area contributed by atoms with Gasteiger partial charge in [0.15, 0.2) is 0 Å². The molecule has 5 heteroatoms. The van der Waals surface area contributed by atoms with E-state index in [9.17, 15) is 4.79 Å². The quantitative estimate of drug-likeness (QED) is 0.654. The monoisotopic (exact) mass is 268 g/mol. The summed E-state index contributed by atoms with van der Waals surface area (Å²) in [6.45, 7) is 1.22. The van der Waals surface area contributed by atoms with Gasteiger partial charge in [-0.25, -0.2) is 0 Å². The summed E-state index contributed by atoms with van der Waals surface area (Å²) < 4.78 is 0. The number of aromatic nitrogens is 1. The van der Waals surface area contributed by atoms with Gasteiger partial charge in [0, 0.05) is 18.3 Å². The van der Waals surface area contributed by atoms with Crippen molar-refractivity contribution in [3.8, 4) is 0 Å². The highest BCUT2D eigenvalue weighted by atomic mass is 16.2. The summed E-state index contributed by atoms with van der Waals surface area (Å²) in [4.78, 5) is 18.5. The van der Waals surface area contributed by atoms with E-state index < -0.39 is 0 Å². The Balaban J connectivity index is 1.81. The van der Waals surface area contributed by atoms with E-state index >= 15 is 0 Å². The maximum absolute atomic E-state index is 12.4. The number of benzene rings is 1. The summed E-state index contributed by atoms with van der Waals surface area (Å²) >= 11 is 0. The molecule has 2 aromatic rings. The fraction of sp³-hybridized carbons (Fsp3) is 0.200. The number of nitrogens with one attached hydrogen (secondary N) is 1. The minimum absolute atomic E-state index is 0.0692. The second kappa shape index (κ2) is 5.30. The number of carbonyl (C=O) groups is 1. The van der Waals surface area contributed by atoms with E-state index in [-0.39, 0.29) is 5.91 Å². The van der Waals surface area contributed by atoms with Crippen LogP contribution in [0.5, 0.6) is 0 Å². The topological polar surface area (TPSA) is 71.2 Å². The van der Waals surface area contributed by atoms with Crippen molar-refractivity contribution in [3.05, 3.63) is 59.4 Å². The molecular formula is C15H16N4O. The van der Waals surface area contributed by atoms with Crippen molar-refractivity contribution in [2.75, 3.05) is 12.0 Å². The summed E-state index contributed by atoms with van der Waals surface area (Å²) in [5.41, 5.74) is 6.13. The van der Waals surface area contributed by atoms with Crippen LogP contribution in [0.4, 0.5) is 5.69 Å². The smallest absolute Gasteiger partial charge is 0.254 e. The van der Waals surface area contributed by atoms with Crippen LogP contribution in [-0.4, -0.2) is 22.3 Å². The molecule has 0 radical (unpaired) electrons. The average Bonchev–Trinajstić information content (AvgIpc) is 2.50. The number of rotatable bonds is 3. The Morgan fingerprint density at radius 1 is 1.30 bits per heavy atom. The lowest BCUT2D eigenvalue weighted by Crippen LogP contribution is -2.37. The number of fused-ring (bicyclic) bond motifs is 1. The molecule has 0 saturated carbocycles. The number of hydrogen-bond donors (Lipinski definition) is 2. The lowest BCUT2D eigenvalue weighted by Gasteiger charge is -2.28. The minimum Gasteiger partial charge on any atom is -0.332 e. The molecule has 0 aliphatic carbocycles. The number of anilines is 1. The van der Waals surface area contributed by atoms with Gasteiger partial charge in [0.05, 0.1) is 17.9 Å². The van der Waals surface area contributed by atoms with Crippen molar-refractivity contribution in [2.45, 2.75) is 13.0 Å².